The molecule has 0 aliphatic carbocycles. The van der Waals surface area contributed by atoms with Crippen molar-refractivity contribution in [1.82, 2.24) is 4.90 Å². The summed E-state index contributed by atoms with van der Waals surface area (Å²) in [6, 6.07) is 6.01. The summed E-state index contributed by atoms with van der Waals surface area (Å²) < 4.78 is 0. The van der Waals surface area contributed by atoms with E-state index in [1.165, 1.54) is 0 Å². The number of halogens is 1. The van der Waals surface area contributed by atoms with E-state index in [9.17, 15) is 4.79 Å². The molecule has 1 fully saturated rings. The van der Waals surface area contributed by atoms with Crippen molar-refractivity contribution in [3.8, 4) is 0 Å². The first-order valence-corrected chi connectivity index (χ1v) is 7.08. The maximum absolute atomic E-state index is 12.6. The molecule has 1 aromatic carbocycles. The lowest BCUT2D eigenvalue weighted by Gasteiger charge is -2.32. The van der Waals surface area contributed by atoms with Crippen LogP contribution in [0.25, 0.3) is 0 Å². The standard InChI is InChI=1S/C15H20ClNO/c1-11-5-3-6-12(2)14(11)15(18)17-8-4-7-13(9-16)10-17/h3,5-6,13H,4,7-10H2,1-2H3. The molecule has 1 aromatic rings. The van der Waals surface area contributed by atoms with Crippen LogP contribution in [0.1, 0.15) is 34.3 Å². The van der Waals surface area contributed by atoms with Crippen molar-refractivity contribution in [2.45, 2.75) is 26.7 Å². The Bertz CT molecular complexity index is 424. The molecule has 0 N–H and O–H groups in total. The lowest BCUT2D eigenvalue weighted by atomic mass is 9.97. The highest BCUT2D eigenvalue weighted by atomic mass is 35.5. The SMILES string of the molecule is Cc1cccc(C)c1C(=O)N1CCCC(CCl)C1. The number of alkyl halides is 1. The molecular weight excluding hydrogens is 246 g/mol. The van der Waals surface area contributed by atoms with E-state index in [4.69, 9.17) is 11.6 Å². The van der Waals surface area contributed by atoms with E-state index in [0.717, 1.165) is 42.6 Å². The number of rotatable bonds is 2. The monoisotopic (exact) mass is 265 g/mol. The lowest BCUT2D eigenvalue weighted by molar-refractivity contribution is 0.0683. The number of likely N-dealkylation sites (tertiary alicyclic amines) is 1. The minimum absolute atomic E-state index is 0.167. The fourth-order valence-corrected chi connectivity index (χ4v) is 2.94. The highest BCUT2D eigenvalue weighted by molar-refractivity contribution is 6.18. The van der Waals surface area contributed by atoms with E-state index in [1.54, 1.807) is 0 Å². The van der Waals surface area contributed by atoms with Crippen LogP contribution in [0.5, 0.6) is 0 Å². The van der Waals surface area contributed by atoms with Crippen molar-refractivity contribution >= 4 is 17.5 Å². The molecule has 1 aliphatic rings. The first kappa shape index (κ1) is 13.4. The Hall–Kier alpha value is -1.02. The third-order valence-corrected chi connectivity index (χ3v) is 4.16. The molecule has 0 saturated carbocycles. The maximum Gasteiger partial charge on any atom is 0.254 e. The first-order chi connectivity index (χ1) is 8.63. The third kappa shape index (κ3) is 2.69. The molecule has 1 saturated heterocycles. The van der Waals surface area contributed by atoms with Gasteiger partial charge in [0.2, 0.25) is 0 Å². The molecule has 0 bridgehead atoms. The first-order valence-electron chi connectivity index (χ1n) is 6.55. The average Bonchev–Trinajstić information content (AvgIpc) is 2.38. The number of hydrogen-bond acceptors (Lipinski definition) is 1. The number of carbonyl (C=O) groups excluding carboxylic acids is 1. The van der Waals surface area contributed by atoms with Gasteiger partial charge in [0, 0.05) is 24.5 Å². The van der Waals surface area contributed by atoms with Gasteiger partial charge in [-0.1, -0.05) is 18.2 Å². The summed E-state index contributed by atoms with van der Waals surface area (Å²) >= 11 is 5.92. The summed E-state index contributed by atoms with van der Waals surface area (Å²) in [5.74, 6) is 1.27. The van der Waals surface area contributed by atoms with Crippen molar-refractivity contribution in [1.29, 1.82) is 0 Å². The zero-order valence-electron chi connectivity index (χ0n) is 11.1. The smallest absolute Gasteiger partial charge is 0.254 e. The predicted octanol–water partition coefficient (Wildman–Crippen LogP) is 3.39. The zero-order valence-corrected chi connectivity index (χ0v) is 11.8. The number of piperidine rings is 1. The molecule has 2 nitrogen and oxygen atoms in total. The minimum Gasteiger partial charge on any atom is -0.338 e. The minimum atomic E-state index is 0.167. The van der Waals surface area contributed by atoms with Crippen molar-refractivity contribution < 1.29 is 4.79 Å². The van der Waals surface area contributed by atoms with Gasteiger partial charge in [0.1, 0.15) is 0 Å². The van der Waals surface area contributed by atoms with Gasteiger partial charge in [0.25, 0.3) is 5.91 Å². The highest BCUT2D eigenvalue weighted by Gasteiger charge is 2.25. The van der Waals surface area contributed by atoms with Gasteiger partial charge in [-0.2, -0.15) is 0 Å². The molecule has 1 heterocycles. The van der Waals surface area contributed by atoms with Gasteiger partial charge in [0.15, 0.2) is 0 Å². The van der Waals surface area contributed by atoms with Crippen LogP contribution in [0.2, 0.25) is 0 Å². The second kappa shape index (κ2) is 5.75. The van der Waals surface area contributed by atoms with Crippen LogP contribution in [-0.4, -0.2) is 29.8 Å². The normalized spacial score (nSPS) is 19.9. The number of carbonyl (C=O) groups is 1. The Balaban J connectivity index is 2.20. The van der Waals surface area contributed by atoms with Gasteiger partial charge in [-0.25, -0.2) is 0 Å². The molecule has 1 atom stereocenters. The number of hydrogen-bond donors (Lipinski definition) is 0. The molecule has 18 heavy (non-hydrogen) atoms. The van der Waals surface area contributed by atoms with E-state index in [0.29, 0.717) is 11.8 Å². The summed E-state index contributed by atoms with van der Waals surface area (Å²) in [5, 5.41) is 0. The Morgan fingerprint density at radius 1 is 1.39 bits per heavy atom. The second-order valence-corrected chi connectivity index (χ2v) is 5.49. The number of amides is 1. The second-order valence-electron chi connectivity index (χ2n) is 5.18. The van der Waals surface area contributed by atoms with Crippen molar-refractivity contribution in [3.63, 3.8) is 0 Å². The zero-order chi connectivity index (χ0) is 13.1. The molecule has 0 radical (unpaired) electrons. The summed E-state index contributed by atoms with van der Waals surface area (Å²) in [4.78, 5) is 14.5. The molecule has 0 spiro atoms. The summed E-state index contributed by atoms with van der Waals surface area (Å²) in [6.07, 6.45) is 2.20. The highest BCUT2D eigenvalue weighted by Crippen LogP contribution is 2.22. The molecule has 3 heteroatoms. The predicted molar refractivity (Wildman–Crippen MR) is 75.3 cm³/mol. The molecule has 1 amide bonds. The number of benzene rings is 1. The fourth-order valence-electron chi connectivity index (χ4n) is 2.69. The maximum atomic E-state index is 12.6. The summed E-state index contributed by atoms with van der Waals surface area (Å²) in [5.41, 5.74) is 2.99. The number of nitrogens with zero attached hydrogens (tertiary/aromatic N) is 1. The van der Waals surface area contributed by atoms with Crippen LogP contribution in [0, 0.1) is 19.8 Å². The van der Waals surface area contributed by atoms with Crippen molar-refractivity contribution in [2.75, 3.05) is 19.0 Å². The quantitative estimate of drug-likeness (QED) is 0.751. The molecule has 1 aliphatic heterocycles. The largest absolute Gasteiger partial charge is 0.338 e. The van der Waals surface area contributed by atoms with Crippen molar-refractivity contribution in [2.24, 2.45) is 5.92 Å². The van der Waals surface area contributed by atoms with Gasteiger partial charge in [-0.3, -0.25) is 4.79 Å². The van der Waals surface area contributed by atoms with Gasteiger partial charge in [-0.15, -0.1) is 11.6 Å². The summed E-state index contributed by atoms with van der Waals surface area (Å²) in [7, 11) is 0. The average molecular weight is 266 g/mol. The Kier molecular flexibility index (Phi) is 4.28. The van der Waals surface area contributed by atoms with Gasteiger partial charge in [0.05, 0.1) is 0 Å². The molecule has 2 rings (SSSR count). The Labute approximate surface area is 114 Å². The van der Waals surface area contributed by atoms with E-state index >= 15 is 0 Å². The lowest BCUT2D eigenvalue weighted by Crippen LogP contribution is -2.41. The Morgan fingerprint density at radius 2 is 2.06 bits per heavy atom. The van der Waals surface area contributed by atoms with Gasteiger partial charge < -0.3 is 4.90 Å². The van der Waals surface area contributed by atoms with E-state index in [1.807, 2.05) is 36.9 Å². The van der Waals surface area contributed by atoms with Gasteiger partial charge >= 0.3 is 0 Å². The van der Waals surface area contributed by atoms with Crippen molar-refractivity contribution in [3.05, 3.63) is 34.9 Å². The fraction of sp³-hybridized carbons (Fsp3) is 0.533. The topological polar surface area (TPSA) is 20.3 Å². The van der Waals surface area contributed by atoms with E-state index in [-0.39, 0.29) is 5.91 Å². The summed E-state index contributed by atoms with van der Waals surface area (Å²) in [6.45, 7) is 5.67. The van der Waals surface area contributed by atoms with Crippen LogP contribution in [-0.2, 0) is 0 Å². The molecular formula is C15H20ClNO. The molecule has 1 unspecified atom stereocenters. The van der Waals surface area contributed by atoms with Crippen LogP contribution >= 0.6 is 11.6 Å². The molecule has 98 valence electrons. The van der Waals surface area contributed by atoms with Crippen LogP contribution in [0.15, 0.2) is 18.2 Å². The van der Waals surface area contributed by atoms with Crippen LogP contribution in [0.4, 0.5) is 0 Å². The van der Waals surface area contributed by atoms with Crippen LogP contribution < -0.4 is 0 Å². The van der Waals surface area contributed by atoms with E-state index in [2.05, 4.69) is 0 Å². The van der Waals surface area contributed by atoms with Crippen LogP contribution in [0.3, 0.4) is 0 Å². The Morgan fingerprint density at radius 3 is 2.67 bits per heavy atom. The number of aryl methyl sites for hydroxylation is 2. The molecule has 0 aromatic heterocycles. The van der Waals surface area contributed by atoms with E-state index < -0.39 is 0 Å². The third-order valence-electron chi connectivity index (χ3n) is 3.72. The van der Waals surface area contributed by atoms with Gasteiger partial charge in [-0.05, 0) is 43.7 Å².